The Bertz CT molecular complexity index is 315. The summed E-state index contributed by atoms with van der Waals surface area (Å²) in [6.07, 6.45) is 1.02. The van der Waals surface area contributed by atoms with Crippen LogP contribution in [0.2, 0.25) is 0 Å². The number of aliphatic imine (C=N–C) groups is 1. The van der Waals surface area contributed by atoms with Crippen LogP contribution in [0.1, 0.15) is 20.3 Å². The zero-order valence-corrected chi connectivity index (χ0v) is 10.1. The summed E-state index contributed by atoms with van der Waals surface area (Å²) in [5.74, 6) is 1.77. The molecule has 1 aromatic rings. The van der Waals surface area contributed by atoms with Crippen LogP contribution in [-0.4, -0.2) is 19.9 Å². The normalized spacial score (nSPS) is 11.9. The van der Waals surface area contributed by atoms with Crippen molar-refractivity contribution in [3.05, 3.63) is 30.3 Å². The molecule has 0 N–H and O–H groups in total. The van der Waals surface area contributed by atoms with Crippen molar-refractivity contribution >= 4 is 11.5 Å². The predicted octanol–water partition coefficient (Wildman–Crippen LogP) is 3.20. The number of nitrogens with zero attached hydrogens (tertiary/aromatic N) is 2. The summed E-state index contributed by atoms with van der Waals surface area (Å²) in [6.45, 7) is 4.42. The van der Waals surface area contributed by atoms with E-state index < -0.39 is 0 Å². The van der Waals surface area contributed by atoms with E-state index in [0.717, 1.165) is 12.3 Å². The molecule has 0 bridgehead atoms. The molecule has 0 aliphatic heterocycles. The van der Waals surface area contributed by atoms with Crippen LogP contribution >= 0.6 is 0 Å². The summed E-state index contributed by atoms with van der Waals surface area (Å²) < 4.78 is 0. The standard InChI is InChI=1S/C13H20N2/c1-11(2)10-13(14-3)15(4)12-8-6-5-7-9-12/h5-9,11H,10H2,1-4H3/b14-13-. The van der Waals surface area contributed by atoms with Gasteiger partial charge in [-0.2, -0.15) is 0 Å². The number of para-hydroxylation sites is 1. The van der Waals surface area contributed by atoms with Gasteiger partial charge in [-0.05, 0) is 18.1 Å². The van der Waals surface area contributed by atoms with Gasteiger partial charge in [0.25, 0.3) is 0 Å². The number of rotatable bonds is 3. The van der Waals surface area contributed by atoms with Crippen LogP contribution in [0.15, 0.2) is 35.3 Å². The third kappa shape index (κ3) is 3.39. The number of benzene rings is 1. The fourth-order valence-corrected chi connectivity index (χ4v) is 1.54. The Kier molecular flexibility index (Phi) is 4.35. The fraction of sp³-hybridized carbons (Fsp3) is 0.462. The Morgan fingerprint density at radius 2 is 1.87 bits per heavy atom. The van der Waals surface area contributed by atoms with Gasteiger partial charge in [-0.3, -0.25) is 4.99 Å². The minimum Gasteiger partial charge on any atom is -0.333 e. The number of anilines is 1. The first-order valence-electron chi connectivity index (χ1n) is 5.39. The summed E-state index contributed by atoms with van der Waals surface area (Å²) in [5.41, 5.74) is 1.19. The Labute approximate surface area is 92.6 Å². The second kappa shape index (κ2) is 5.54. The van der Waals surface area contributed by atoms with E-state index in [4.69, 9.17) is 0 Å². The van der Waals surface area contributed by atoms with Gasteiger partial charge < -0.3 is 4.90 Å². The highest BCUT2D eigenvalue weighted by Gasteiger charge is 2.09. The maximum absolute atomic E-state index is 4.35. The molecule has 0 amide bonds. The molecular weight excluding hydrogens is 184 g/mol. The first-order chi connectivity index (χ1) is 7.15. The first kappa shape index (κ1) is 11.8. The largest absolute Gasteiger partial charge is 0.333 e. The molecule has 0 saturated carbocycles. The Hall–Kier alpha value is -1.31. The van der Waals surface area contributed by atoms with E-state index in [9.17, 15) is 0 Å². The van der Waals surface area contributed by atoms with Crippen molar-refractivity contribution in [1.29, 1.82) is 0 Å². The van der Waals surface area contributed by atoms with E-state index in [-0.39, 0.29) is 0 Å². The predicted molar refractivity (Wildman–Crippen MR) is 67.7 cm³/mol. The molecule has 0 aliphatic carbocycles. The third-order valence-electron chi connectivity index (χ3n) is 2.38. The molecule has 82 valence electrons. The van der Waals surface area contributed by atoms with Gasteiger partial charge in [0.1, 0.15) is 5.84 Å². The van der Waals surface area contributed by atoms with Gasteiger partial charge in [0.15, 0.2) is 0 Å². The van der Waals surface area contributed by atoms with Crippen LogP contribution in [0, 0.1) is 5.92 Å². The SMILES string of the molecule is C/N=C(/CC(C)C)N(C)c1ccccc1. The lowest BCUT2D eigenvalue weighted by Crippen LogP contribution is -2.27. The summed E-state index contributed by atoms with van der Waals surface area (Å²) in [4.78, 5) is 6.50. The smallest absolute Gasteiger partial charge is 0.103 e. The highest BCUT2D eigenvalue weighted by atomic mass is 15.2. The fourth-order valence-electron chi connectivity index (χ4n) is 1.54. The average molecular weight is 204 g/mol. The molecule has 0 aromatic heterocycles. The quantitative estimate of drug-likeness (QED) is 0.545. The maximum atomic E-state index is 4.35. The molecule has 0 atom stereocenters. The molecule has 0 spiro atoms. The van der Waals surface area contributed by atoms with E-state index in [1.54, 1.807) is 0 Å². The molecule has 0 heterocycles. The number of hydrogen-bond donors (Lipinski definition) is 0. The zero-order valence-electron chi connectivity index (χ0n) is 10.1. The number of amidine groups is 1. The van der Waals surface area contributed by atoms with Crippen molar-refractivity contribution in [2.75, 3.05) is 19.0 Å². The minimum absolute atomic E-state index is 0.634. The van der Waals surface area contributed by atoms with Crippen molar-refractivity contribution in [1.82, 2.24) is 0 Å². The lowest BCUT2D eigenvalue weighted by atomic mass is 10.1. The molecule has 15 heavy (non-hydrogen) atoms. The molecular formula is C13H20N2. The Morgan fingerprint density at radius 1 is 1.27 bits per heavy atom. The van der Waals surface area contributed by atoms with Gasteiger partial charge >= 0.3 is 0 Å². The topological polar surface area (TPSA) is 15.6 Å². The molecule has 2 heteroatoms. The van der Waals surface area contributed by atoms with Gasteiger partial charge in [0, 0.05) is 26.2 Å². The third-order valence-corrected chi connectivity index (χ3v) is 2.38. The maximum Gasteiger partial charge on any atom is 0.103 e. The van der Waals surface area contributed by atoms with Crippen molar-refractivity contribution in [3.8, 4) is 0 Å². The number of hydrogen-bond acceptors (Lipinski definition) is 1. The van der Waals surface area contributed by atoms with Crippen molar-refractivity contribution in [2.24, 2.45) is 10.9 Å². The second-order valence-corrected chi connectivity index (χ2v) is 4.13. The summed E-state index contributed by atoms with van der Waals surface area (Å²) in [5, 5.41) is 0. The Morgan fingerprint density at radius 3 is 2.33 bits per heavy atom. The highest BCUT2D eigenvalue weighted by molar-refractivity contribution is 5.97. The van der Waals surface area contributed by atoms with Crippen LogP contribution in [0.25, 0.3) is 0 Å². The van der Waals surface area contributed by atoms with Gasteiger partial charge in [-0.25, -0.2) is 0 Å². The molecule has 0 saturated heterocycles. The lowest BCUT2D eigenvalue weighted by Gasteiger charge is -2.22. The molecule has 0 unspecified atom stereocenters. The van der Waals surface area contributed by atoms with Crippen LogP contribution in [0.4, 0.5) is 5.69 Å². The van der Waals surface area contributed by atoms with Gasteiger partial charge in [-0.1, -0.05) is 32.0 Å². The molecule has 1 aromatic carbocycles. The van der Waals surface area contributed by atoms with Crippen molar-refractivity contribution < 1.29 is 0 Å². The average Bonchev–Trinajstić information content (AvgIpc) is 2.26. The van der Waals surface area contributed by atoms with Crippen LogP contribution < -0.4 is 4.90 Å². The van der Waals surface area contributed by atoms with E-state index in [0.29, 0.717) is 5.92 Å². The van der Waals surface area contributed by atoms with Crippen LogP contribution in [-0.2, 0) is 0 Å². The van der Waals surface area contributed by atoms with Crippen molar-refractivity contribution in [2.45, 2.75) is 20.3 Å². The molecule has 2 nitrogen and oxygen atoms in total. The molecule has 0 fully saturated rings. The zero-order chi connectivity index (χ0) is 11.3. The summed E-state index contributed by atoms with van der Waals surface area (Å²) in [7, 11) is 3.93. The van der Waals surface area contributed by atoms with E-state index >= 15 is 0 Å². The Balaban J connectivity index is 2.79. The van der Waals surface area contributed by atoms with Gasteiger partial charge in [-0.15, -0.1) is 0 Å². The van der Waals surface area contributed by atoms with Crippen LogP contribution in [0.3, 0.4) is 0 Å². The highest BCUT2D eigenvalue weighted by Crippen LogP contribution is 2.14. The van der Waals surface area contributed by atoms with Gasteiger partial charge in [0.2, 0.25) is 0 Å². The minimum atomic E-state index is 0.634. The summed E-state index contributed by atoms with van der Waals surface area (Å²) in [6, 6.07) is 10.3. The van der Waals surface area contributed by atoms with E-state index in [2.05, 4.69) is 55.1 Å². The second-order valence-electron chi connectivity index (χ2n) is 4.13. The molecule has 0 aliphatic rings. The summed E-state index contributed by atoms with van der Waals surface area (Å²) >= 11 is 0. The van der Waals surface area contributed by atoms with Crippen LogP contribution in [0.5, 0.6) is 0 Å². The molecule has 1 rings (SSSR count). The van der Waals surface area contributed by atoms with Gasteiger partial charge in [0.05, 0.1) is 0 Å². The van der Waals surface area contributed by atoms with Crippen molar-refractivity contribution in [3.63, 3.8) is 0 Å². The first-order valence-corrected chi connectivity index (χ1v) is 5.39. The monoisotopic (exact) mass is 204 g/mol. The lowest BCUT2D eigenvalue weighted by molar-refractivity contribution is 0.677. The van der Waals surface area contributed by atoms with E-state index in [1.165, 1.54) is 5.69 Å². The molecule has 0 radical (unpaired) electrons. The van der Waals surface area contributed by atoms with E-state index in [1.807, 2.05) is 13.1 Å².